The van der Waals surface area contributed by atoms with E-state index in [1.54, 1.807) is 12.1 Å². The molecule has 28 heavy (non-hydrogen) atoms. The van der Waals surface area contributed by atoms with Crippen molar-refractivity contribution in [3.8, 4) is 0 Å². The van der Waals surface area contributed by atoms with E-state index in [1.807, 2.05) is 0 Å². The quantitative estimate of drug-likeness (QED) is 0.627. The number of nitrogens with zero attached hydrogens (tertiary/aromatic N) is 2. The first-order valence-electron chi connectivity index (χ1n) is 9.91. The monoisotopic (exact) mass is 390 g/mol. The maximum absolute atomic E-state index is 12.1. The first-order valence-corrected chi connectivity index (χ1v) is 9.91. The van der Waals surface area contributed by atoms with E-state index in [9.17, 15) is 9.59 Å². The van der Waals surface area contributed by atoms with Crippen molar-refractivity contribution in [2.45, 2.75) is 12.8 Å². The standard InChI is InChI=1S/C20H30N4O4/c21-19(25)17-1-2-18(20(22)26)16(4-6-24-9-13-28-14-10-24)15(17)3-5-23-7-11-27-12-8-23/h1-2H,3-14H2,(H2,21,25)(H2,22,26). The number of carbonyl (C=O) groups is 2. The molecular weight excluding hydrogens is 360 g/mol. The molecule has 0 aromatic heterocycles. The SMILES string of the molecule is NC(=O)c1ccc(C(N)=O)c(CCN2CCOCC2)c1CCN1CCOCC1. The van der Waals surface area contributed by atoms with Crippen molar-refractivity contribution in [2.75, 3.05) is 65.7 Å². The molecule has 154 valence electrons. The zero-order chi connectivity index (χ0) is 19.9. The molecule has 0 radical (unpaired) electrons. The van der Waals surface area contributed by atoms with E-state index in [4.69, 9.17) is 20.9 Å². The third-order valence-electron chi connectivity index (χ3n) is 5.53. The normalized spacial score (nSPS) is 18.9. The Hall–Kier alpha value is -2.00. The molecule has 4 N–H and O–H groups in total. The van der Waals surface area contributed by atoms with Crippen LogP contribution in [0.25, 0.3) is 0 Å². The highest BCUT2D eigenvalue weighted by molar-refractivity contribution is 5.99. The predicted octanol–water partition coefficient (Wildman–Crippen LogP) is -0.366. The van der Waals surface area contributed by atoms with Crippen molar-refractivity contribution in [2.24, 2.45) is 11.5 Å². The first-order chi connectivity index (χ1) is 13.6. The van der Waals surface area contributed by atoms with Crippen LogP contribution in [-0.4, -0.2) is 87.3 Å². The molecule has 3 rings (SSSR count). The number of hydrogen-bond donors (Lipinski definition) is 2. The van der Waals surface area contributed by atoms with Gasteiger partial charge in [0.15, 0.2) is 0 Å². The lowest BCUT2D eigenvalue weighted by atomic mass is 9.90. The second-order valence-electron chi connectivity index (χ2n) is 7.25. The van der Waals surface area contributed by atoms with Gasteiger partial charge in [-0.2, -0.15) is 0 Å². The van der Waals surface area contributed by atoms with Crippen molar-refractivity contribution in [1.82, 2.24) is 9.80 Å². The van der Waals surface area contributed by atoms with Gasteiger partial charge in [0.2, 0.25) is 11.8 Å². The van der Waals surface area contributed by atoms with Gasteiger partial charge in [0, 0.05) is 50.4 Å². The van der Waals surface area contributed by atoms with E-state index < -0.39 is 11.8 Å². The Morgan fingerprint density at radius 3 is 1.43 bits per heavy atom. The summed E-state index contributed by atoms with van der Waals surface area (Å²) in [7, 11) is 0. The molecule has 2 saturated heterocycles. The van der Waals surface area contributed by atoms with Crippen LogP contribution in [0.5, 0.6) is 0 Å². The summed E-state index contributed by atoms with van der Waals surface area (Å²) in [5.74, 6) is -0.943. The highest BCUT2D eigenvalue weighted by Crippen LogP contribution is 2.22. The number of carbonyl (C=O) groups excluding carboxylic acids is 2. The van der Waals surface area contributed by atoms with Gasteiger partial charge in [-0.1, -0.05) is 0 Å². The van der Waals surface area contributed by atoms with Crippen LogP contribution in [-0.2, 0) is 22.3 Å². The van der Waals surface area contributed by atoms with Gasteiger partial charge >= 0.3 is 0 Å². The third kappa shape index (κ3) is 5.29. The molecule has 2 fully saturated rings. The third-order valence-corrected chi connectivity index (χ3v) is 5.53. The Balaban J connectivity index is 1.84. The summed E-state index contributed by atoms with van der Waals surface area (Å²) in [6.45, 7) is 7.90. The minimum Gasteiger partial charge on any atom is -0.379 e. The molecule has 2 amide bonds. The van der Waals surface area contributed by atoms with Crippen LogP contribution in [0.3, 0.4) is 0 Å². The van der Waals surface area contributed by atoms with E-state index in [-0.39, 0.29) is 0 Å². The Bertz CT molecular complexity index is 639. The second-order valence-corrected chi connectivity index (χ2v) is 7.25. The number of morpholine rings is 2. The molecule has 2 aliphatic rings. The molecular formula is C20H30N4O4. The molecule has 0 aliphatic carbocycles. The van der Waals surface area contributed by atoms with E-state index in [0.717, 1.165) is 50.4 Å². The van der Waals surface area contributed by atoms with Crippen molar-refractivity contribution >= 4 is 11.8 Å². The zero-order valence-electron chi connectivity index (χ0n) is 16.3. The fourth-order valence-corrected chi connectivity index (χ4v) is 3.92. The van der Waals surface area contributed by atoms with Gasteiger partial charge in [0.05, 0.1) is 26.4 Å². The minimum absolute atomic E-state index is 0.472. The Labute approximate surface area is 165 Å². The molecule has 1 aromatic carbocycles. The molecule has 0 atom stereocenters. The average molecular weight is 390 g/mol. The van der Waals surface area contributed by atoms with Crippen molar-refractivity contribution in [1.29, 1.82) is 0 Å². The van der Waals surface area contributed by atoms with E-state index in [2.05, 4.69) is 9.80 Å². The topological polar surface area (TPSA) is 111 Å². The fourth-order valence-electron chi connectivity index (χ4n) is 3.92. The maximum atomic E-state index is 12.1. The first kappa shape index (κ1) is 20.7. The van der Waals surface area contributed by atoms with Crippen molar-refractivity contribution in [3.05, 3.63) is 34.4 Å². The molecule has 1 aromatic rings. The maximum Gasteiger partial charge on any atom is 0.248 e. The van der Waals surface area contributed by atoms with Crippen LogP contribution in [0.15, 0.2) is 12.1 Å². The Morgan fingerprint density at radius 1 is 0.750 bits per heavy atom. The number of ether oxygens (including phenoxy) is 2. The fraction of sp³-hybridized carbons (Fsp3) is 0.600. The van der Waals surface area contributed by atoms with Gasteiger partial charge < -0.3 is 20.9 Å². The number of hydrogen-bond acceptors (Lipinski definition) is 6. The minimum atomic E-state index is -0.472. The van der Waals surface area contributed by atoms with Crippen molar-refractivity contribution < 1.29 is 19.1 Å². The van der Waals surface area contributed by atoms with Crippen molar-refractivity contribution in [3.63, 3.8) is 0 Å². The Kier molecular flexibility index (Phi) is 7.38. The van der Waals surface area contributed by atoms with E-state index in [1.165, 1.54) is 0 Å². The Morgan fingerprint density at radius 2 is 1.11 bits per heavy atom. The second kappa shape index (κ2) is 9.97. The van der Waals surface area contributed by atoms with Gasteiger partial charge in [-0.3, -0.25) is 19.4 Å². The summed E-state index contributed by atoms with van der Waals surface area (Å²) in [6.07, 6.45) is 1.30. The van der Waals surface area contributed by atoms with Crippen LogP contribution in [0.4, 0.5) is 0 Å². The molecule has 8 nitrogen and oxygen atoms in total. The van der Waals surface area contributed by atoms with Gasteiger partial charge in [-0.25, -0.2) is 0 Å². The van der Waals surface area contributed by atoms with Gasteiger partial charge in [0.1, 0.15) is 0 Å². The summed E-state index contributed by atoms with van der Waals surface area (Å²) in [4.78, 5) is 28.7. The zero-order valence-corrected chi connectivity index (χ0v) is 16.3. The largest absolute Gasteiger partial charge is 0.379 e. The van der Waals surface area contributed by atoms with Crippen LogP contribution >= 0.6 is 0 Å². The highest BCUT2D eigenvalue weighted by atomic mass is 16.5. The average Bonchev–Trinajstić information content (AvgIpc) is 2.71. The van der Waals surface area contributed by atoms with Crippen LogP contribution in [0, 0.1) is 0 Å². The van der Waals surface area contributed by atoms with Gasteiger partial charge in [-0.15, -0.1) is 0 Å². The summed E-state index contributed by atoms with van der Waals surface area (Å²) in [6, 6.07) is 3.27. The number of benzene rings is 1. The molecule has 0 saturated carbocycles. The smallest absolute Gasteiger partial charge is 0.248 e. The summed E-state index contributed by atoms with van der Waals surface area (Å²) >= 11 is 0. The lowest BCUT2D eigenvalue weighted by Crippen LogP contribution is -2.38. The highest BCUT2D eigenvalue weighted by Gasteiger charge is 2.21. The molecule has 0 bridgehead atoms. The van der Waals surface area contributed by atoms with E-state index in [0.29, 0.717) is 50.4 Å². The van der Waals surface area contributed by atoms with Crippen LogP contribution < -0.4 is 11.5 Å². The molecule has 2 heterocycles. The summed E-state index contributed by atoms with van der Waals surface area (Å²) < 4.78 is 10.8. The van der Waals surface area contributed by atoms with E-state index >= 15 is 0 Å². The summed E-state index contributed by atoms with van der Waals surface area (Å²) in [5.41, 5.74) is 13.9. The summed E-state index contributed by atoms with van der Waals surface area (Å²) in [5, 5.41) is 0. The lowest BCUT2D eigenvalue weighted by Gasteiger charge is -2.29. The number of rotatable bonds is 8. The lowest BCUT2D eigenvalue weighted by molar-refractivity contribution is 0.0377. The molecule has 0 unspecified atom stereocenters. The number of nitrogens with two attached hydrogens (primary N) is 2. The molecule has 0 spiro atoms. The van der Waals surface area contributed by atoms with Crippen LogP contribution in [0.1, 0.15) is 31.8 Å². The number of amides is 2. The molecule has 8 heteroatoms. The van der Waals surface area contributed by atoms with Gasteiger partial charge in [0.25, 0.3) is 0 Å². The van der Waals surface area contributed by atoms with Gasteiger partial charge in [-0.05, 0) is 36.1 Å². The predicted molar refractivity (Wildman–Crippen MR) is 105 cm³/mol. The molecule has 2 aliphatic heterocycles. The number of primary amides is 2. The van der Waals surface area contributed by atoms with Crippen LogP contribution in [0.2, 0.25) is 0 Å².